The van der Waals surface area contributed by atoms with Crippen molar-refractivity contribution in [3.05, 3.63) is 48.5 Å². The van der Waals surface area contributed by atoms with Gasteiger partial charge in [-0.1, -0.05) is 18.2 Å². The Hall–Kier alpha value is -3.22. The number of rotatable bonds is 5. The Balaban J connectivity index is 1.61. The number of amides is 3. The van der Waals surface area contributed by atoms with E-state index < -0.39 is 12.1 Å². The number of carbonyl (C=O) groups is 2. The number of anilines is 2. The zero-order valence-electron chi connectivity index (χ0n) is 14.7. The minimum atomic E-state index is -0.546. The fourth-order valence-corrected chi connectivity index (χ4v) is 2.92. The smallest absolute Gasteiger partial charge is 0.319 e. The normalized spacial score (nSPS) is 16.3. The third kappa shape index (κ3) is 3.72. The number of methoxy groups -OCH3 is 2. The summed E-state index contributed by atoms with van der Waals surface area (Å²) >= 11 is 0. The van der Waals surface area contributed by atoms with Gasteiger partial charge in [-0.2, -0.15) is 0 Å². The summed E-state index contributed by atoms with van der Waals surface area (Å²) in [6, 6.07) is 13.5. The molecule has 0 aliphatic carbocycles. The average molecular weight is 355 g/mol. The van der Waals surface area contributed by atoms with Gasteiger partial charge in [-0.25, -0.2) is 4.79 Å². The van der Waals surface area contributed by atoms with Crippen molar-refractivity contribution in [2.24, 2.45) is 0 Å². The number of hydrogen-bond acceptors (Lipinski definition) is 4. The Morgan fingerprint density at radius 2 is 1.81 bits per heavy atom. The molecule has 1 heterocycles. The van der Waals surface area contributed by atoms with Gasteiger partial charge in [0.2, 0.25) is 5.91 Å². The van der Waals surface area contributed by atoms with E-state index in [0.717, 1.165) is 5.69 Å². The van der Waals surface area contributed by atoms with Gasteiger partial charge in [0.05, 0.1) is 14.2 Å². The van der Waals surface area contributed by atoms with E-state index >= 15 is 0 Å². The van der Waals surface area contributed by atoms with E-state index in [1.807, 2.05) is 30.3 Å². The summed E-state index contributed by atoms with van der Waals surface area (Å²) in [7, 11) is 3.07. The molecule has 0 radical (unpaired) electrons. The SMILES string of the molecule is COc1ccc(NC(=O)N[C@@H]2CCN(c3ccccc3)C2=O)cc1OC. The molecule has 0 spiro atoms. The lowest BCUT2D eigenvalue weighted by Crippen LogP contribution is -2.43. The molecule has 0 saturated carbocycles. The molecule has 2 aromatic carbocycles. The summed E-state index contributed by atoms with van der Waals surface area (Å²) in [6.45, 7) is 0.574. The zero-order valence-corrected chi connectivity index (χ0v) is 14.7. The van der Waals surface area contributed by atoms with Gasteiger partial charge < -0.3 is 25.0 Å². The molecule has 3 rings (SSSR count). The van der Waals surface area contributed by atoms with Crippen LogP contribution in [0.15, 0.2) is 48.5 Å². The minimum Gasteiger partial charge on any atom is -0.493 e. The molecular formula is C19H21N3O4. The van der Waals surface area contributed by atoms with Crippen LogP contribution in [0, 0.1) is 0 Å². The van der Waals surface area contributed by atoms with E-state index in [9.17, 15) is 9.59 Å². The Morgan fingerprint density at radius 1 is 1.08 bits per heavy atom. The molecule has 7 nitrogen and oxygen atoms in total. The Bertz CT molecular complexity index is 795. The van der Waals surface area contributed by atoms with E-state index in [4.69, 9.17) is 9.47 Å². The third-order valence-electron chi connectivity index (χ3n) is 4.22. The van der Waals surface area contributed by atoms with Gasteiger partial charge in [-0.3, -0.25) is 4.79 Å². The van der Waals surface area contributed by atoms with E-state index in [2.05, 4.69) is 10.6 Å². The number of para-hydroxylation sites is 1. The summed E-state index contributed by atoms with van der Waals surface area (Å²) in [5, 5.41) is 5.44. The van der Waals surface area contributed by atoms with Crippen LogP contribution in [-0.2, 0) is 4.79 Å². The maximum Gasteiger partial charge on any atom is 0.319 e. The summed E-state index contributed by atoms with van der Waals surface area (Å²) in [5.74, 6) is 0.971. The van der Waals surface area contributed by atoms with Crippen LogP contribution in [0.25, 0.3) is 0 Å². The van der Waals surface area contributed by atoms with E-state index in [0.29, 0.717) is 30.2 Å². The van der Waals surface area contributed by atoms with Crippen molar-refractivity contribution in [3.63, 3.8) is 0 Å². The highest BCUT2D eigenvalue weighted by molar-refractivity contribution is 6.02. The molecule has 1 aliphatic heterocycles. The highest BCUT2D eigenvalue weighted by Gasteiger charge is 2.33. The summed E-state index contributed by atoms with van der Waals surface area (Å²) in [6.07, 6.45) is 0.563. The van der Waals surface area contributed by atoms with Crippen LogP contribution in [0.3, 0.4) is 0 Å². The Kier molecular flexibility index (Phi) is 5.26. The monoisotopic (exact) mass is 355 g/mol. The summed E-state index contributed by atoms with van der Waals surface area (Å²) in [4.78, 5) is 26.5. The Morgan fingerprint density at radius 3 is 2.50 bits per heavy atom. The second-order valence-corrected chi connectivity index (χ2v) is 5.83. The molecule has 26 heavy (non-hydrogen) atoms. The maximum absolute atomic E-state index is 12.5. The van der Waals surface area contributed by atoms with Crippen LogP contribution >= 0.6 is 0 Å². The highest BCUT2D eigenvalue weighted by atomic mass is 16.5. The quantitative estimate of drug-likeness (QED) is 0.864. The summed E-state index contributed by atoms with van der Waals surface area (Å²) in [5.41, 5.74) is 1.38. The molecule has 7 heteroatoms. The van der Waals surface area contributed by atoms with Crippen molar-refractivity contribution < 1.29 is 19.1 Å². The molecule has 2 N–H and O–H groups in total. The number of urea groups is 1. The first-order valence-corrected chi connectivity index (χ1v) is 8.28. The largest absolute Gasteiger partial charge is 0.493 e. The standard InChI is InChI=1S/C19H21N3O4/c1-25-16-9-8-13(12-17(16)26-2)20-19(24)21-15-10-11-22(18(15)23)14-6-4-3-5-7-14/h3-9,12,15H,10-11H2,1-2H3,(H2,20,21,24)/t15-/m1/s1. The molecule has 3 amide bonds. The molecule has 1 fully saturated rings. The molecular weight excluding hydrogens is 334 g/mol. The zero-order chi connectivity index (χ0) is 18.5. The lowest BCUT2D eigenvalue weighted by Gasteiger charge is -2.17. The minimum absolute atomic E-state index is 0.112. The van der Waals surface area contributed by atoms with Crippen molar-refractivity contribution in [3.8, 4) is 11.5 Å². The molecule has 1 saturated heterocycles. The van der Waals surface area contributed by atoms with Crippen LogP contribution in [0.4, 0.5) is 16.2 Å². The maximum atomic E-state index is 12.5. The highest BCUT2D eigenvalue weighted by Crippen LogP contribution is 2.29. The second kappa shape index (κ2) is 7.77. The predicted octanol–water partition coefficient (Wildman–Crippen LogP) is 2.63. The van der Waals surface area contributed by atoms with Crippen molar-refractivity contribution in [1.29, 1.82) is 0 Å². The van der Waals surface area contributed by atoms with Crippen LogP contribution in [0.5, 0.6) is 11.5 Å². The van der Waals surface area contributed by atoms with Gasteiger partial charge in [0, 0.05) is 24.0 Å². The topological polar surface area (TPSA) is 79.9 Å². The summed E-state index contributed by atoms with van der Waals surface area (Å²) < 4.78 is 10.4. The number of nitrogens with zero attached hydrogens (tertiary/aromatic N) is 1. The molecule has 1 atom stereocenters. The van der Waals surface area contributed by atoms with E-state index in [-0.39, 0.29) is 5.91 Å². The van der Waals surface area contributed by atoms with Gasteiger partial charge in [-0.15, -0.1) is 0 Å². The van der Waals surface area contributed by atoms with Gasteiger partial charge in [0.25, 0.3) is 0 Å². The van der Waals surface area contributed by atoms with Crippen LogP contribution in [0.2, 0.25) is 0 Å². The lowest BCUT2D eigenvalue weighted by molar-refractivity contribution is -0.118. The van der Waals surface area contributed by atoms with Crippen LogP contribution in [-0.4, -0.2) is 38.7 Å². The first-order chi connectivity index (χ1) is 12.6. The number of benzene rings is 2. The number of ether oxygens (including phenoxy) is 2. The molecule has 1 aliphatic rings. The van der Waals surface area contributed by atoms with E-state index in [1.165, 1.54) is 7.11 Å². The lowest BCUT2D eigenvalue weighted by atomic mass is 10.2. The van der Waals surface area contributed by atoms with Gasteiger partial charge in [0.15, 0.2) is 11.5 Å². The molecule has 0 aromatic heterocycles. The van der Waals surface area contributed by atoms with Crippen LogP contribution in [0.1, 0.15) is 6.42 Å². The molecule has 0 unspecified atom stereocenters. The first-order valence-electron chi connectivity index (χ1n) is 8.28. The van der Waals surface area contributed by atoms with Crippen molar-refractivity contribution >= 4 is 23.3 Å². The molecule has 0 bridgehead atoms. The fraction of sp³-hybridized carbons (Fsp3) is 0.263. The fourth-order valence-electron chi connectivity index (χ4n) is 2.92. The molecule has 136 valence electrons. The van der Waals surface area contributed by atoms with Gasteiger partial charge >= 0.3 is 6.03 Å². The Labute approximate surface area is 151 Å². The van der Waals surface area contributed by atoms with Crippen molar-refractivity contribution in [2.45, 2.75) is 12.5 Å². The van der Waals surface area contributed by atoms with E-state index in [1.54, 1.807) is 30.2 Å². The van der Waals surface area contributed by atoms with Gasteiger partial charge in [0.1, 0.15) is 6.04 Å². The first kappa shape index (κ1) is 17.6. The predicted molar refractivity (Wildman–Crippen MR) is 98.9 cm³/mol. The average Bonchev–Trinajstić information content (AvgIpc) is 3.02. The third-order valence-corrected chi connectivity index (χ3v) is 4.22. The van der Waals surface area contributed by atoms with Crippen LogP contribution < -0.4 is 25.0 Å². The van der Waals surface area contributed by atoms with Crippen molar-refractivity contribution in [2.75, 3.05) is 31.0 Å². The number of nitrogens with one attached hydrogen (secondary N) is 2. The van der Waals surface area contributed by atoms with Crippen molar-refractivity contribution in [1.82, 2.24) is 5.32 Å². The number of carbonyl (C=O) groups excluding carboxylic acids is 2. The number of hydrogen-bond donors (Lipinski definition) is 2. The molecule has 2 aromatic rings. The van der Waals surface area contributed by atoms with Gasteiger partial charge in [-0.05, 0) is 30.7 Å². The second-order valence-electron chi connectivity index (χ2n) is 5.83.